The monoisotopic (exact) mass is 233 g/mol. The van der Waals surface area contributed by atoms with Crippen molar-refractivity contribution < 1.29 is 4.79 Å². The van der Waals surface area contributed by atoms with E-state index in [9.17, 15) is 4.79 Å². The van der Waals surface area contributed by atoms with Gasteiger partial charge < -0.3 is 0 Å². The van der Waals surface area contributed by atoms with Crippen LogP contribution in [-0.4, -0.2) is 29.3 Å². The van der Waals surface area contributed by atoms with E-state index in [2.05, 4.69) is 4.90 Å². The third kappa shape index (κ3) is 1.18. The molecule has 4 bridgehead atoms. The number of carbonyl (C=O) groups is 1. The first-order valence-electron chi connectivity index (χ1n) is 7.41. The Morgan fingerprint density at radius 2 is 1.94 bits per heavy atom. The average Bonchev–Trinajstić information content (AvgIpc) is 2.92. The molecule has 0 aromatic rings. The van der Waals surface area contributed by atoms with Gasteiger partial charge in [0.2, 0.25) is 0 Å². The molecule has 94 valence electrons. The molecular weight excluding hydrogens is 210 g/mol. The van der Waals surface area contributed by atoms with Gasteiger partial charge in [0.1, 0.15) is 5.78 Å². The number of hydrogen-bond acceptors (Lipinski definition) is 2. The zero-order valence-electron chi connectivity index (χ0n) is 10.9. The van der Waals surface area contributed by atoms with Crippen LogP contribution >= 0.6 is 0 Å². The van der Waals surface area contributed by atoms with E-state index in [1.807, 2.05) is 6.92 Å². The lowest BCUT2D eigenvalue weighted by molar-refractivity contribution is -0.129. The lowest BCUT2D eigenvalue weighted by atomic mass is 9.69. The van der Waals surface area contributed by atoms with E-state index in [1.165, 1.54) is 58.0 Å². The highest BCUT2D eigenvalue weighted by atomic mass is 16.1. The van der Waals surface area contributed by atoms with Crippen molar-refractivity contribution in [3.8, 4) is 0 Å². The second-order valence-corrected chi connectivity index (χ2v) is 7.22. The first-order chi connectivity index (χ1) is 8.15. The molecule has 0 spiro atoms. The van der Waals surface area contributed by atoms with Crippen LogP contribution in [0.15, 0.2) is 0 Å². The van der Waals surface area contributed by atoms with Gasteiger partial charge in [0.05, 0.1) is 0 Å². The predicted octanol–water partition coefficient (Wildman–Crippen LogP) is 2.62. The summed E-state index contributed by atoms with van der Waals surface area (Å²) in [6.45, 7) is 4.46. The zero-order chi connectivity index (χ0) is 11.7. The normalized spacial score (nSPS) is 52.5. The molecule has 5 aliphatic rings. The van der Waals surface area contributed by atoms with E-state index in [0.29, 0.717) is 11.3 Å². The van der Waals surface area contributed by atoms with Gasteiger partial charge in [0.25, 0.3) is 0 Å². The largest absolute Gasteiger partial charge is 0.299 e. The van der Waals surface area contributed by atoms with Crippen molar-refractivity contribution in [1.29, 1.82) is 0 Å². The van der Waals surface area contributed by atoms with Crippen LogP contribution in [0.25, 0.3) is 0 Å². The third-order valence-electron chi connectivity index (χ3n) is 6.47. The van der Waals surface area contributed by atoms with E-state index >= 15 is 0 Å². The molecule has 1 aliphatic heterocycles. The molecule has 4 saturated carbocycles. The van der Waals surface area contributed by atoms with Crippen molar-refractivity contribution in [2.75, 3.05) is 13.1 Å². The number of ketones is 1. The number of hydrogen-bond donors (Lipinski definition) is 0. The summed E-state index contributed by atoms with van der Waals surface area (Å²) in [5, 5.41) is 0. The number of nitrogens with zero attached hydrogens (tertiary/aromatic N) is 1. The molecule has 0 radical (unpaired) electrons. The maximum absolute atomic E-state index is 12.2. The Morgan fingerprint density at radius 3 is 2.59 bits per heavy atom. The van der Waals surface area contributed by atoms with Crippen molar-refractivity contribution in [2.45, 2.75) is 57.4 Å². The lowest BCUT2D eigenvalue weighted by Gasteiger charge is -2.46. The average molecular weight is 233 g/mol. The van der Waals surface area contributed by atoms with Gasteiger partial charge in [-0.15, -0.1) is 0 Å². The lowest BCUT2D eigenvalue weighted by Crippen LogP contribution is -2.50. The Balaban J connectivity index is 1.71. The highest BCUT2D eigenvalue weighted by molar-refractivity contribution is 5.84. The fourth-order valence-corrected chi connectivity index (χ4v) is 5.97. The Hall–Kier alpha value is -0.370. The molecular formula is C15H23NO. The van der Waals surface area contributed by atoms with Crippen LogP contribution < -0.4 is 0 Å². The van der Waals surface area contributed by atoms with Crippen molar-refractivity contribution in [2.24, 2.45) is 17.3 Å². The van der Waals surface area contributed by atoms with E-state index in [-0.39, 0.29) is 5.41 Å². The van der Waals surface area contributed by atoms with Crippen LogP contribution in [0, 0.1) is 17.3 Å². The highest BCUT2D eigenvalue weighted by Gasteiger charge is 2.67. The molecule has 5 fully saturated rings. The van der Waals surface area contributed by atoms with Gasteiger partial charge in [-0.1, -0.05) is 0 Å². The van der Waals surface area contributed by atoms with Crippen molar-refractivity contribution in [1.82, 2.24) is 4.90 Å². The third-order valence-corrected chi connectivity index (χ3v) is 6.47. The molecule has 5 rings (SSSR count). The maximum atomic E-state index is 12.2. The summed E-state index contributed by atoms with van der Waals surface area (Å²) in [6, 6.07) is 0. The Kier molecular flexibility index (Phi) is 1.95. The Morgan fingerprint density at radius 1 is 1.18 bits per heavy atom. The highest BCUT2D eigenvalue weighted by Crippen LogP contribution is 2.68. The van der Waals surface area contributed by atoms with Gasteiger partial charge in [-0.05, 0) is 76.8 Å². The molecule has 17 heavy (non-hydrogen) atoms. The van der Waals surface area contributed by atoms with E-state index < -0.39 is 0 Å². The van der Waals surface area contributed by atoms with Crippen LogP contribution in [-0.2, 0) is 4.79 Å². The molecule has 2 nitrogen and oxygen atoms in total. The number of likely N-dealkylation sites (tertiary alicyclic amines) is 1. The van der Waals surface area contributed by atoms with Crippen molar-refractivity contribution in [3.63, 3.8) is 0 Å². The molecule has 4 atom stereocenters. The fraction of sp³-hybridized carbons (Fsp3) is 0.933. The van der Waals surface area contributed by atoms with Gasteiger partial charge in [-0.3, -0.25) is 9.69 Å². The van der Waals surface area contributed by atoms with Crippen molar-refractivity contribution in [3.05, 3.63) is 0 Å². The summed E-state index contributed by atoms with van der Waals surface area (Å²) >= 11 is 0. The molecule has 0 aromatic carbocycles. The van der Waals surface area contributed by atoms with Gasteiger partial charge in [0, 0.05) is 11.0 Å². The van der Waals surface area contributed by atoms with E-state index in [0.717, 1.165) is 11.8 Å². The SMILES string of the molecule is CC(=O)C12CC3CC1CC(N1CCCC1)(C3)C2. The second-order valence-electron chi connectivity index (χ2n) is 7.22. The topological polar surface area (TPSA) is 20.3 Å². The number of Topliss-reactive ketones (excluding diaryl/α,β-unsaturated/α-hetero) is 1. The standard InChI is InChI=1S/C15H23NO/c1-11(17)15-8-12-6-13(15)9-14(7-12,10-15)16-4-2-3-5-16/h12-13H,2-10H2,1H3. The summed E-state index contributed by atoms with van der Waals surface area (Å²) in [6.07, 6.45) is 9.28. The molecule has 1 saturated heterocycles. The van der Waals surface area contributed by atoms with Crippen LogP contribution in [0.2, 0.25) is 0 Å². The van der Waals surface area contributed by atoms with E-state index in [4.69, 9.17) is 0 Å². The van der Waals surface area contributed by atoms with Gasteiger partial charge >= 0.3 is 0 Å². The van der Waals surface area contributed by atoms with Crippen LogP contribution in [0.1, 0.15) is 51.9 Å². The van der Waals surface area contributed by atoms with Crippen LogP contribution in [0.3, 0.4) is 0 Å². The molecule has 4 unspecified atom stereocenters. The molecule has 0 N–H and O–H groups in total. The smallest absolute Gasteiger partial charge is 0.136 e. The van der Waals surface area contributed by atoms with Crippen LogP contribution in [0.5, 0.6) is 0 Å². The Labute approximate surface area is 104 Å². The minimum Gasteiger partial charge on any atom is -0.299 e. The fourth-order valence-electron chi connectivity index (χ4n) is 5.97. The summed E-state index contributed by atoms with van der Waals surface area (Å²) in [7, 11) is 0. The molecule has 0 aromatic heterocycles. The minimum absolute atomic E-state index is 0.117. The molecule has 0 amide bonds. The maximum Gasteiger partial charge on any atom is 0.136 e. The second kappa shape index (κ2) is 3.14. The zero-order valence-corrected chi connectivity index (χ0v) is 10.9. The van der Waals surface area contributed by atoms with E-state index in [1.54, 1.807) is 0 Å². The Bertz CT molecular complexity index is 373. The minimum atomic E-state index is 0.117. The molecule has 1 heterocycles. The van der Waals surface area contributed by atoms with Crippen LogP contribution in [0.4, 0.5) is 0 Å². The first kappa shape index (κ1) is 10.5. The summed E-state index contributed by atoms with van der Waals surface area (Å²) < 4.78 is 0. The van der Waals surface area contributed by atoms with Gasteiger partial charge in [-0.25, -0.2) is 0 Å². The summed E-state index contributed by atoms with van der Waals surface area (Å²) in [5.74, 6) is 2.11. The van der Waals surface area contributed by atoms with Gasteiger partial charge in [-0.2, -0.15) is 0 Å². The number of rotatable bonds is 2. The molecule has 4 aliphatic carbocycles. The number of carbonyl (C=O) groups excluding carboxylic acids is 1. The summed E-state index contributed by atoms with van der Waals surface area (Å²) in [4.78, 5) is 14.9. The first-order valence-corrected chi connectivity index (χ1v) is 7.41. The quantitative estimate of drug-likeness (QED) is 0.730. The van der Waals surface area contributed by atoms with Crippen molar-refractivity contribution >= 4 is 5.78 Å². The predicted molar refractivity (Wildman–Crippen MR) is 66.7 cm³/mol. The summed E-state index contributed by atoms with van der Waals surface area (Å²) in [5.41, 5.74) is 0.569. The van der Waals surface area contributed by atoms with Gasteiger partial charge in [0.15, 0.2) is 0 Å². The molecule has 2 heteroatoms.